The summed E-state index contributed by atoms with van der Waals surface area (Å²) in [5, 5.41) is 7.39. The maximum atomic E-state index is 5.61. The molecule has 6 heteroatoms. The van der Waals surface area contributed by atoms with Crippen molar-refractivity contribution >= 4 is 5.96 Å². The van der Waals surface area contributed by atoms with Gasteiger partial charge in [-0.2, -0.15) is 0 Å². The molecule has 2 bridgehead atoms. The molecule has 3 aliphatic heterocycles. The summed E-state index contributed by atoms with van der Waals surface area (Å²) in [4.78, 5) is 9.65. The number of rotatable bonds is 6. The number of fused-ring (bicyclic) bond motifs is 2. The Balaban J connectivity index is 1.31. The molecule has 4 rings (SSSR count). The second-order valence-electron chi connectivity index (χ2n) is 9.51. The summed E-state index contributed by atoms with van der Waals surface area (Å²) in [6.07, 6.45) is 7.18. The standard InChI is InChI=1S/C24H39N5O/c1-25-23(26-18-24(28(2)3)11-13-30-14-12-24)27-20-15-21-9-10-22(16-20)29(21)17-19-7-5-4-6-8-19/h4-8,20-22H,9-18H2,1-3H3,(H2,25,26,27). The number of benzene rings is 1. The first-order valence-electron chi connectivity index (χ1n) is 11.6. The fourth-order valence-electron chi connectivity index (χ4n) is 5.61. The van der Waals surface area contributed by atoms with Crippen LogP contribution >= 0.6 is 0 Å². The maximum Gasteiger partial charge on any atom is 0.191 e. The van der Waals surface area contributed by atoms with Gasteiger partial charge in [-0.25, -0.2) is 0 Å². The Morgan fingerprint density at radius 1 is 1.13 bits per heavy atom. The topological polar surface area (TPSA) is 52.1 Å². The van der Waals surface area contributed by atoms with E-state index in [2.05, 4.69) is 69.9 Å². The number of likely N-dealkylation sites (N-methyl/N-ethyl adjacent to an activating group) is 1. The highest BCUT2D eigenvalue weighted by atomic mass is 16.5. The molecule has 30 heavy (non-hydrogen) atoms. The first-order valence-corrected chi connectivity index (χ1v) is 11.6. The summed E-state index contributed by atoms with van der Waals surface area (Å²) >= 11 is 0. The van der Waals surface area contributed by atoms with E-state index in [0.717, 1.165) is 45.1 Å². The third-order valence-electron chi connectivity index (χ3n) is 7.61. The number of hydrogen-bond acceptors (Lipinski definition) is 4. The van der Waals surface area contributed by atoms with E-state index in [9.17, 15) is 0 Å². The minimum absolute atomic E-state index is 0.147. The Hall–Kier alpha value is -1.63. The molecule has 2 N–H and O–H groups in total. The lowest BCUT2D eigenvalue weighted by atomic mass is 9.88. The van der Waals surface area contributed by atoms with E-state index in [-0.39, 0.29) is 5.54 Å². The van der Waals surface area contributed by atoms with Gasteiger partial charge in [-0.15, -0.1) is 0 Å². The Morgan fingerprint density at radius 2 is 1.80 bits per heavy atom. The zero-order valence-corrected chi connectivity index (χ0v) is 18.9. The Morgan fingerprint density at radius 3 is 2.40 bits per heavy atom. The number of ether oxygens (including phenoxy) is 1. The van der Waals surface area contributed by atoms with Crippen molar-refractivity contribution in [3.05, 3.63) is 35.9 Å². The van der Waals surface area contributed by atoms with Crippen molar-refractivity contribution in [1.29, 1.82) is 0 Å². The summed E-state index contributed by atoms with van der Waals surface area (Å²) in [6, 6.07) is 12.8. The summed E-state index contributed by atoms with van der Waals surface area (Å²) in [5.74, 6) is 0.948. The number of hydrogen-bond donors (Lipinski definition) is 2. The average Bonchev–Trinajstić information content (AvgIpc) is 3.00. The smallest absolute Gasteiger partial charge is 0.191 e. The molecule has 0 saturated carbocycles. The van der Waals surface area contributed by atoms with Crippen molar-refractivity contribution in [3.8, 4) is 0 Å². The molecule has 0 radical (unpaired) electrons. The van der Waals surface area contributed by atoms with Gasteiger partial charge >= 0.3 is 0 Å². The van der Waals surface area contributed by atoms with Gasteiger partial charge in [-0.3, -0.25) is 9.89 Å². The average molecular weight is 414 g/mol. The van der Waals surface area contributed by atoms with E-state index in [0.29, 0.717) is 18.1 Å². The summed E-state index contributed by atoms with van der Waals surface area (Å²) < 4.78 is 5.61. The first-order chi connectivity index (χ1) is 14.6. The van der Waals surface area contributed by atoms with Crippen LogP contribution < -0.4 is 10.6 Å². The van der Waals surface area contributed by atoms with Gasteiger partial charge in [0.15, 0.2) is 5.96 Å². The molecule has 2 atom stereocenters. The summed E-state index contributed by atoms with van der Waals surface area (Å²) in [6.45, 7) is 3.68. The van der Waals surface area contributed by atoms with Gasteiger partial charge in [0.2, 0.25) is 0 Å². The molecule has 0 aliphatic carbocycles. The SMILES string of the molecule is CN=C(NCC1(N(C)C)CCOCC1)NC1CC2CCC(C1)N2Cc1ccccc1. The molecule has 0 amide bonds. The monoisotopic (exact) mass is 413 g/mol. The highest BCUT2D eigenvalue weighted by Crippen LogP contribution is 2.36. The van der Waals surface area contributed by atoms with Crippen LogP contribution in [0.1, 0.15) is 44.1 Å². The summed E-state index contributed by atoms with van der Waals surface area (Å²) in [7, 11) is 6.26. The number of guanidine groups is 1. The molecule has 2 unspecified atom stereocenters. The Kier molecular flexibility index (Phi) is 6.96. The zero-order chi connectivity index (χ0) is 21.0. The van der Waals surface area contributed by atoms with Crippen LogP contribution in [0.3, 0.4) is 0 Å². The van der Waals surface area contributed by atoms with Crippen molar-refractivity contribution in [2.24, 2.45) is 4.99 Å². The Bertz CT molecular complexity index is 687. The highest BCUT2D eigenvalue weighted by Gasteiger charge is 2.41. The minimum atomic E-state index is 0.147. The van der Waals surface area contributed by atoms with E-state index >= 15 is 0 Å². The molecule has 0 spiro atoms. The van der Waals surface area contributed by atoms with Gasteiger partial charge in [0, 0.05) is 57.0 Å². The lowest BCUT2D eigenvalue weighted by molar-refractivity contribution is -0.00506. The van der Waals surface area contributed by atoms with E-state index in [4.69, 9.17) is 4.74 Å². The van der Waals surface area contributed by atoms with Crippen LogP contribution in [0, 0.1) is 0 Å². The maximum absolute atomic E-state index is 5.61. The predicted octanol–water partition coefficient (Wildman–Crippen LogP) is 2.46. The molecule has 3 fully saturated rings. The quantitative estimate of drug-likeness (QED) is 0.554. The van der Waals surface area contributed by atoms with Crippen LogP contribution in [0.15, 0.2) is 35.3 Å². The fraction of sp³-hybridized carbons (Fsp3) is 0.708. The van der Waals surface area contributed by atoms with Crippen LogP contribution in [0.25, 0.3) is 0 Å². The molecule has 3 aliphatic rings. The van der Waals surface area contributed by atoms with Crippen molar-refractivity contribution in [2.75, 3.05) is 40.9 Å². The van der Waals surface area contributed by atoms with Gasteiger partial charge in [0.05, 0.1) is 0 Å². The minimum Gasteiger partial charge on any atom is -0.381 e. The lowest BCUT2D eigenvalue weighted by Gasteiger charge is -2.43. The van der Waals surface area contributed by atoms with Crippen molar-refractivity contribution in [2.45, 2.75) is 68.7 Å². The van der Waals surface area contributed by atoms with Crippen molar-refractivity contribution in [1.82, 2.24) is 20.4 Å². The molecule has 1 aromatic rings. The number of aliphatic imine (C=N–C) groups is 1. The molecular weight excluding hydrogens is 374 g/mol. The third kappa shape index (κ3) is 4.82. The highest BCUT2D eigenvalue weighted by molar-refractivity contribution is 5.80. The van der Waals surface area contributed by atoms with E-state index in [1.54, 1.807) is 0 Å². The molecule has 0 aromatic heterocycles. The van der Waals surface area contributed by atoms with Crippen LogP contribution in [0.4, 0.5) is 0 Å². The van der Waals surface area contributed by atoms with Gasteiger partial charge < -0.3 is 20.3 Å². The number of piperidine rings is 1. The fourth-order valence-corrected chi connectivity index (χ4v) is 5.61. The predicted molar refractivity (Wildman–Crippen MR) is 123 cm³/mol. The Labute approximate surface area is 182 Å². The van der Waals surface area contributed by atoms with Crippen molar-refractivity contribution in [3.63, 3.8) is 0 Å². The largest absolute Gasteiger partial charge is 0.381 e. The molecule has 3 saturated heterocycles. The number of nitrogens with zero attached hydrogens (tertiary/aromatic N) is 3. The first kappa shape index (κ1) is 21.6. The lowest BCUT2D eigenvalue weighted by Crippen LogP contribution is -2.58. The molecule has 166 valence electrons. The number of nitrogens with one attached hydrogen (secondary N) is 2. The molecule has 6 nitrogen and oxygen atoms in total. The normalized spacial score (nSPS) is 29.2. The zero-order valence-electron chi connectivity index (χ0n) is 18.9. The van der Waals surface area contributed by atoms with E-state index < -0.39 is 0 Å². The van der Waals surface area contributed by atoms with Crippen LogP contribution in [0.5, 0.6) is 0 Å². The van der Waals surface area contributed by atoms with Gasteiger partial charge in [-0.05, 0) is 58.2 Å². The second kappa shape index (κ2) is 9.67. The molecule has 3 heterocycles. The van der Waals surface area contributed by atoms with Gasteiger partial charge in [0.25, 0.3) is 0 Å². The van der Waals surface area contributed by atoms with Gasteiger partial charge in [-0.1, -0.05) is 30.3 Å². The van der Waals surface area contributed by atoms with Gasteiger partial charge in [0.1, 0.15) is 0 Å². The van der Waals surface area contributed by atoms with Crippen LogP contribution in [0.2, 0.25) is 0 Å². The third-order valence-corrected chi connectivity index (χ3v) is 7.61. The van der Waals surface area contributed by atoms with Crippen LogP contribution in [-0.4, -0.2) is 80.3 Å². The van der Waals surface area contributed by atoms with Crippen LogP contribution in [-0.2, 0) is 11.3 Å². The van der Waals surface area contributed by atoms with E-state index in [1.807, 2.05) is 7.05 Å². The summed E-state index contributed by atoms with van der Waals surface area (Å²) in [5.41, 5.74) is 1.58. The van der Waals surface area contributed by atoms with E-state index in [1.165, 1.54) is 31.2 Å². The van der Waals surface area contributed by atoms with Crippen molar-refractivity contribution < 1.29 is 4.74 Å². The molecular formula is C24H39N5O. The molecule has 1 aromatic carbocycles. The second-order valence-corrected chi connectivity index (χ2v) is 9.51.